The Morgan fingerprint density at radius 1 is 1.43 bits per heavy atom. The molecule has 1 aromatic rings. The Labute approximate surface area is 139 Å². The van der Waals surface area contributed by atoms with Crippen LogP contribution in [-0.4, -0.2) is 23.7 Å². The lowest BCUT2D eigenvalue weighted by atomic mass is 9.55. The van der Waals surface area contributed by atoms with E-state index in [1.807, 2.05) is 6.07 Å². The van der Waals surface area contributed by atoms with Crippen LogP contribution in [0.5, 0.6) is 0 Å². The molecule has 1 N–H and O–H groups in total. The van der Waals surface area contributed by atoms with Crippen LogP contribution in [0.4, 0.5) is 5.69 Å². The summed E-state index contributed by atoms with van der Waals surface area (Å²) in [5.74, 6) is 0. The van der Waals surface area contributed by atoms with Crippen molar-refractivity contribution in [2.24, 2.45) is 5.41 Å². The molecule has 0 amide bonds. The van der Waals surface area contributed by atoms with Crippen LogP contribution in [-0.2, 0) is 4.74 Å². The van der Waals surface area contributed by atoms with E-state index in [2.05, 4.69) is 33.2 Å². The Morgan fingerprint density at radius 2 is 2.19 bits per heavy atom. The van der Waals surface area contributed by atoms with Crippen molar-refractivity contribution < 1.29 is 4.74 Å². The van der Waals surface area contributed by atoms with Crippen LogP contribution in [0.1, 0.15) is 45.4 Å². The monoisotopic (exact) mass is 372 g/mol. The first-order valence-electron chi connectivity index (χ1n) is 7.85. The summed E-state index contributed by atoms with van der Waals surface area (Å²) in [4.78, 5) is 4.20. The zero-order chi connectivity index (χ0) is 14.9. The molecule has 0 aliphatic heterocycles. The minimum Gasteiger partial charge on any atom is -0.379 e. The smallest absolute Gasteiger partial charge is 0.152 e. The third kappa shape index (κ3) is 2.95. The Bertz CT molecular complexity index is 505. The van der Waals surface area contributed by atoms with Crippen molar-refractivity contribution in [1.29, 1.82) is 0 Å². The predicted molar refractivity (Wildman–Crippen MR) is 89.9 cm³/mol. The lowest BCUT2D eigenvalue weighted by molar-refractivity contribution is -0.134. The number of nitrogens with one attached hydrogen (secondary N) is 1. The minimum absolute atomic E-state index is 0.292. The van der Waals surface area contributed by atoms with Gasteiger partial charge in [0.1, 0.15) is 0 Å². The van der Waals surface area contributed by atoms with Gasteiger partial charge in [-0.3, -0.25) is 0 Å². The molecule has 3 rings (SSSR count). The van der Waals surface area contributed by atoms with E-state index in [9.17, 15) is 0 Å². The molecule has 0 aromatic carbocycles. The summed E-state index contributed by atoms with van der Waals surface area (Å²) in [5.41, 5.74) is 1.22. The third-order valence-corrected chi connectivity index (χ3v) is 5.81. The van der Waals surface area contributed by atoms with Gasteiger partial charge < -0.3 is 10.1 Å². The maximum Gasteiger partial charge on any atom is 0.152 e. The van der Waals surface area contributed by atoms with E-state index in [1.54, 1.807) is 6.20 Å². The number of nitrogens with zero attached hydrogens (tertiary/aromatic N) is 1. The van der Waals surface area contributed by atoms with Crippen LogP contribution in [0.3, 0.4) is 0 Å². The molecule has 1 heterocycles. The van der Waals surface area contributed by atoms with Crippen molar-refractivity contribution in [2.45, 2.75) is 57.6 Å². The molecular weight excluding hydrogens is 352 g/mol. The van der Waals surface area contributed by atoms with Crippen LogP contribution in [0.15, 0.2) is 16.7 Å². The maximum absolute atomic E-state index is 6.22. The third-order valence-electron chi connectivity index (χ3n) is 5.07. The molecule has 116 valence electrons. The largest absolute Gasteiger partial charge is 0.379 e. The average Bonchev–Trinajstić information content (AvgIpc) is 2.50. The molecular formula is C16H22BrClN2O. The Morgan fingerprint density at radius 3 is 2.90 bits per heavy atom. The molecule has 2 aliphatic carbocycles. The summed E-state index contributed by atoms with van der Waals surface area (Å²) in [6.45, 7) is 2.89. The molecule has 0 bridgehead atoms. The highest BCUT2D eigenvalue weighted by molar-refractivity contribution is 9.10. The fourth-order valence-electron chi connectivity index (χ4n) is 3.98. The lowest BCUT2D eigenvalue weighted by Crippen LogP contribution is -2.62. The van der Waals surface area contributed by atoms with Gasteiger partial charge in [-0.25, -0.2) is 4.98 Å². The second-order valence-corrected chi connectivity index (χ2v) is 7.44. The van der Waals surface area contributed by atoms with Crippen LogP contribution >= 0.6 is 27.5 Å². The summed E-state index contributed by atoms with van der Waals surface area (Å²) in [7, 11) is 0. The van der Waals surface area contributed by atoms with Gasteiger partial charge >= 0.3 is 0 Å². The molecule has 5 heteroatoms. The zero-order valence-corrected chi connectivity index (χ0v) is 14.7. The van der Waals surface area contributed by atoms with Gasteiger partial charge in [0.25, 0.3) is 0 Å². The predicted octanol–water partition coefficient (Wildman–Crippen LogP) is 5.04. The second kappa shape index (κ2) is 6.43. The molecule has 0 saturated heterocycles. The number of ether oxygens (including phenoxy) is 1. The second-order valence-electron chi connectivity index (χ2n) is 6.16. The Hall–Kier alpha value is -0.320. The molecule has 2 saturated carbocycles. The van der Waals surface area contributed by atoms with E-state index in [-0.39, 0.29) is 0 Å². The highest BCUT2D eigenvalue weighted by Gasteiger charge is 2.55. The first-order chi connectivity index (χ1) is 10.2. The van der Waals surface area contributed by atoms with Crippen LogP contribution in [0.2, 0.25) is 5.15 Å². The SMILES string of the molecule is CCOC1CC(Nc2cc(Br)cnc2Cl)C12CCCCC2. The van der Waals surface area contributed by atoms with Gasteiger partial charge in [-0.1, -0.05) is 30.9 Å². The van der Waals surface area contributed by atoms with Crippen LogP contribution in [0.25, 0.3) is 0 Å². The van der Waals surface area contributed by atoms with Gasteiger partial charge in [0.2, 0.25) is 0 Å². The molecule has 1 spiro atoms. The normalized spacial score (nSPS) is 27.4. The molecule has 3 nitrogen and oxygen atoms in total. The summed E-state index contributed by atoms with van der Waals surface area (Å²) < 4.78 is 6.95. The minimum atomic E-state index is 0.292. The highest BCUT2D eigenvalue weighted by atomic mass is 79.9. The quantitative estimate of drug-likeness (QED) is 0.751. The molecule has 21 heavy (non-hydrogen) atoms. The van der Waals surface area contributed by atoms with Gasteiger partial charge in [0, 0.05) is 28.7 Å². The van der Waals surface area contributed by atoms with Crippen molar-refractivity contribution in [1.82, 2.24) is 4.98 Å². The summed E-state index contributed by atoms with van der Waals surface area (Å²) in [5, 5.41) is 4.18. The van der Waals surface area contributed by atoms with E-state index in [0.717, 1.165) is 23.2 Å². The van der Waals surface area contributed by atoms with Crippen molar-refractivity contribution in [3.63, 3.8) is 0 Å². The van der Waals surface area contributed by atoms with Crippen LogP contribution in [0, 0.1) is 5.41 Å². The number of halogens is 2. The fraction of sp³-hybridized carbons (Fsp3) is 0.688. The zero-order valence-electron chi connectivity index (χ0n) is 12.4. The highest BCUT2D eigenvalue weighted by Crippen LogP contribution is 2.54. The van der Waals surface area contributed by atoms with E-state index < -0.39 is 0 Å². The Kier molecular flexibility index (Phi) is 4.77. The molecule has 2 unspecified atom stereocenters. The summed E-state index contributed by atoms with van der Waals surface area (Å²) in [6, 6.07) is 2.46. The molecule has 2 fully saturated rings. The van der Waals surface area contributed by atoms with Gasteiger partial charge in [0.15, 0.2) is 5.15 Å². The lowest BCUT2D eigenvalue weighted by Gasteiger charge is -2.58. The molecule has 2 atom stereocenters. The first-order valence-corrected chi connectivity index (χ1v) is 9.02. The fourth-order valence-corrected chi connectivity index (χ4v) is 4.47. The molecule has 2 aliphatic rings. The van der Waals surface area contributed by atoms with Crippen molar-refractivity contribution >= 4 is 33.2 Å². The van der Waals surface area contributed by atoms with Crippen molar-refractivity contribution in [3.05, 3.63) is 21.9 Å². The van der Waals surface area contributed by atoms with Gasteiger partial charge in [-0.15, -0.1) is 0 Å². The van der Waals surface area contributed by atoms with Gasteiger partial charge in [0.05, 0.1) is 11.8 Å². The van der Waals surface area contributed by atoms with E-state index >= 15 is 0 Å². The van der Waals surface area contributed by atoms with Crippen molar-refractivity contribution in [2.75, 3.05) is 11.9 Å². The van der Waals surface area contributed by atoms with Crippen molar-refractivity contribution in [3.8, 4) is 0 Å². The Balaban J connectivity index is 1.77. The van der Waals surface area contributed by atoms with Crippen LogP contribution < -0.4 is 5.32 Å². The number of aromatic nitrogens is 1. The van der Waals surface area contributed by atoms with Gasteiger partial charge in [-0.2, -0.15) is 0 Å². The molecule has 1 aromatic heterocycles. The number of hydrogen-bond acceptors (Lipinski definition) is 3. The maximum atomic E-state index is 6.22. The van der Waals surface area contributed by atoms with E-state index in [4.69, 9.17) is 16.3 Å². The number of pyridine rings is 1. The topological polar surface area (TPSA) is 34.1 Å². The number of rotatable bonds is 4. The first kappa shape index (κ1) is 15.6. The summed E-state index contributed by atoms with van der Waals surface area (Å²) >= 11 is 9.69. The standard InChI is InChI=1S/C16H22BrClN2O/c1-2-21-14-9-13(16(14)6-4-3-5-7-16)20-12-8-11(17)10-19-15(12)18/h8,10,13-14,20H,2-7,9H2,1H3. The number of anilines is 1. The number of hydrogen-bond donors (Lipinski definition) is 1. The van der Waals surface area contributed by atoms with Gasteiger partial charge in [-0.05, 0) is 48.2 Å². The van der Waals surface area contributed by atoms with E-state index in [0.29, 0.717) is 22.7 Å². The average molecular weight is 374 g/mol. The summed E-state index contributed by atoms with van der Waals surface area (Å²) in [6.07, 6.45) is 9.69. The van der Waals surface area contributed by atoms with E-state index in [1.165, 1.54) is 32.1 Å². The molecule has 0 radical (unpaired) electrons.